The van der Waals surface area contributed by atoms with E-state index in [0.29, 0.717) is 17.3 Å². The van der Waals surface area contributed by atoms with Gasteiger partial charge in [0.25, 0.3) is 0 Å². The van der Waals surface area contributed by atoms with Gasteiger partial charge in [-0.1, -0.05) is 25.5 Å². The molecule has 1 saturated heterocycles. The van der Waals surface area contributed by atoms with Gasteiger partial charge in [-0.3, -0.25) is 0 Å². The van der Waals surface area contributed by atoms with Crippen LogP contribution in [0.3, 0.4) is 0 Å². The largest absolute Gasteiger partial charge is 0.243 e. The Bertz CT molecular complexity index is 571. The van der Waals surface area contributed by atoms with Crippen LogP contribution in [-0.2, 0) is 15.9 Å². The average Bonchev–Trinajstić information content (AvgIpc) is 2.47. The summed E-state index contributed by atoms with van der Waals surface area (Å²) >= 11 is 5.89. The van der Waals surface area contributed by atoms with E-state index in [1.54, 1.807) is 16.4 Å². The van der Waals surface area contributed by atoms with Crippen LogP contribution in [0.4, 0.5) is 0 Å². The van der Waals surface area contributed by atoms with Crippen LogP contribution in [0.25, 0.3) is 0 Å². The lowest BCUT2D eigenvalue weighted by Gasteiger charge is -2.34. The second-order valence-corrected chi connectivity index (χ2v) is 7.47. The molecule has 0 amide bonds. The Kier molecular flexibility index (Phi) is 5.10. The zero-order valence-corrected chi connectivity index (χ0v) is 13.7. The van der Waals surface area contributed by atoms with Gasteiger partial charge < -0.3 is 0 Å². The van der Waals surface area contributed by atoms with Gasteiger partial charge in [-0.2, -0.15) is 4.31 Å². The van der Waals surface area contributed by atoms with Gasteiger partial charge in [0.05, 0.1) is 4.90 Å². The smallest absolute Gasteiger partial charge is 0.207 e. The number of rotatable bonds is 4. The Morgan fingerprint density at radius 2 is 2.10 bits per heavy atom. The molecule has 0 saturated carbocycles. The standard InChI is InChI=1S/C15H22ClNO2S/c1-3-14-8-4-5-10-17(14)20(18,19)15-9-6-7-13(11-16)12(15)2/h6-7,9,14H,3-5,8,10-11H2,1-2H3. The summed E-state index contributed by atoms with van der Waals surface area (Å²) in [5.74, 6) is 0.340. The van der Waals surface area contributed by atoms with E-state index in [1.165, 1.54) is 0 Å². The third kappa shape index (κ3) is 2.87. The molecule has 0 radical (unpaired) electrons. The lowest BCUT2D eigenvalue weighted by molar-refractivity contribution is 0.246. The molecule has 1 aliphatic heterocycles. The molecule has 2 rings (SSSR count). The summed E-state index contributed by atoms with van der Waals surface area (Å²) in [6, 6.07) is 5.49. The van der Waals surface area contributed by atoms with E-state index >= 15 is 0 Å². The van der Waals surface area contributed by atoms with Crippen molar-refractivity contribution >= 4 is 21.6 Å². The van der Waals surface area contributed by atoms with E-state index in [2.05, 4.69) is 6.92 Å². The average molecular weight is 316 g/mol. The zero-order chi connectivity index (χ0) is 14.8. The predicted octanol–water partition coefficient (Wildman–Crippen LogP) is 3.69. The van der Waals surface area contributed by atoms with Crippen LogP contribution in [0, 0.1) is 6.92 Å². The van der Waals surface area contributed by atoms with E-state index in [1.807, 2.05) is 13.0 Å². The molecule has 0 spiro atoms. The summed E-state index contributed by atoms with van der Waals surface area (Å²) in [6.07, 6.45) is 3.90. The Balaban J connectivity index is 2.44. The second-order valence-electron chi connectivity index (χ2n) is 5.35. The van der Waals surface area contributed by atoms with Gasteiger partial charge in [-0.25, -0.2) is 8.42 Å². The highest BCUT2D eigenvalue weighted by Crippen LogP contribution is 2.29. The number of hydrogen-bond donors (Lipinski definition) is 0. The first-order chi connectivity index (χ1) is 9.52. The maximum absolute atomic E-state index is 12.9. The maximum atomic E-state index is 12.9. The predicted molar refractivity (Wildman–Crippen MR) is 82.6 cm³/mol. The molecule has 1 heterocycles. The summed E-state index contributed by atoms with van der Waals surface area (Å²) < 4.78 is 27.5. The quantitative estimate of drug-likeness (QED) is 0.795. The van der Waals surface area contributed by atoms with Crippen molar-refractivity contribution in [2.24, 2.45) is 0 Å². The maximum Gasteiger partial charge on any atom is 0.243 e. The summed E-state index contributed by atoms with van der Waals surface area (Å²) in [5.41, 5.74) is 1.67. The highest BCUT2D eigenvalue weighted by molar-refractivity contribution is 7.89. The van der Waals surface area contributed by atoms with Gasteiger partial charge in [0.15, 0.2) is 0 Å². The van der Waals surface area contributed by atoms with Crippen molar-refractivity contribution in [1.29, 1.82) is 0 Å². The molecule has 1 fully saturated rings. The lowest BCUT2D eigenvalue weighted by Crippen LogP contribution is -2.43. The monoisotopic (exact) mass is 315 g/mol. The van der Waals surface area contributed by atoms with E-state index < -0.39 is 10.0 Å². The van der Waals surface area contributed by atoms with Crippen LogP contribution in [0.5, 0.6) is 0 Å². The SMILES string of the molecule is CCC1CCCCN1S(=O)(=O)c1cccc(CCl)c1C. The van der Waals surface area contributed by atoms with E-state index in [9.17, 15) is 8.42 Å². The molecular formula is C15H22ClNO2S. The number of sulfonamides is 1. The van der Waals surface area contributed by atoms with Crippen LogP contribution in [0.1, 0.15) is 43.7 Å². The van der Waals surface area contributed by atoms with Crippen molar-refractivity contribution in [2.45, 2.75) is 56.3 Å². The fourth-order valence-electron chi connectivity index (χ4n) is 2.91. The molecule has 1 aliphatic rings. The second kappa shape index (κ2) is 6.46. The summed E-state index contributed by atoms with van der Waals surface area (Å²) in [6.45, 7) is 4.53. The topological polar surface area (TPSA) is 37.4 Å². The highest BCUT2D eigenvalue weighted by Gasteiger charge is 2.33. The molecule has 1 aromatic rings. The summed E-state index contributed by atoms with van der Waals surface area (Å²) in [4.78, 5) is 0.413. The Hall–Kier alpha value is -0.580. The van der Waals surface area contributed by atoms with Crippen molar-refractivity contribution in [3.8, 4) is 0 Å². The molecule has 0 aliphatic carbocycles. The van der Waals surface area contributed by atoms with Crippen LogP contribution < -0.4 is 0 Å². The molecular weight excluding hydrogens is 294 g/mol. The highest BCUT2D eigenvalue weighted by atomic mass is 35.5. The molecule has 1 aromatic carbocycles. The van der Waals surface area contributed by atoms with Gasteiger partial charge in [-0.15, -0.1) is 11.6 Å². The van der Waals surface area contributed by atoms with Crippen molar-refractivity contribution < 1.29 is 8.42 Å². The minimum atomic E-state index is -3.41. The third-order valence-electron chi connectivity index (χ3n) is 4.17. The number of nitrogens with zero attached hydrogens (tertiary/aromatic N) is 1. The normalized spacial score (nSPS) is 21.1. The zero-order valence-electron chi connectivity index (χ0n) is 12.1. The Morgan fingerprint density at radius 3 is 2.75 bits per heavy atom. The molecule has 0 aromatic heterocycles. The molecule has 0 bridgehead atoms. The fourth-order valence-corrected chi connectivity index (χ4v) is 5.24. The Labute approximate surface area is 127 Å². The van der Waals surface area contributed by atoms with Crippen molar-refractivity contribution in [1.82, 2.24) is 4.31 Å². The van der Waals surface area contributed by atoms with Gasteiger partial charge in [0, 0.05) is 18.5 Å². The van der Waals surface area contributed by atoms with Gasteiger partial charge in [0.1, 0.15) is 0 Å². The van der Waals surface area contributed by atoms with Crippen LogP contribution in [0.15, 0.2) is 23.1 Å². The lowest BCUT2D eigenvalue weighted by atomic mass is 10.0. The third-order valence-corrected chi connectivity index (χ3v) is 6.56. The molecule has 3 nitrogen and oxygen atoms in total. The van der Waals surface area contributed by atoms with Gasteiger partial charge in [-0.05, 0) is 43.4 Å². The van der Waals surface area contributed by atoms with Gasteiger partial charge >= 0.3 is 0 Å². The molecule has 1 atom stereocenters. The van der Waals surface area contributed by atoms with E-state index in [4.69, 9.17) is 11.6 Å². The van der Waals surface area contributed by atoms with Crippen molar-refractivity contribution in [3.05, 3.63) is 29.3 Å². The van der Waals surface area contributed by atoms with E-state index in [-0.39, 0.29) is 6.04 Å². The van der Waals surface area contributed by atoms with Crippen molar-refractivity contribution in [3.63, 3.8) is 0 Å². The molecule has 0 N–H and O–H groups in total. The number of halogens is 1. The van der Waals surface area contributed by atoms with Crippen LogP contribution >= 0.6 is 11.6 Å². The number of piperidine rings is 1. The number of hydrogen-bond acceptors (Lipinski definition) is 2. The summed E-state index contributed by atoms with van der Waals surface area (Å²) in [5, 5.41) is 0. The first kappa shape index (κ1) is 15.8. The minimum Gasteiger partial charge on any atom is -0.207 e. The first-order valence-electron chi connectivity index (χ1n) is 7.18. The van der Waals surface area contributed by atoms with Crippen LogP contribution in [0.2, 0.25) is 0 Å². The van der Waals surface area contributed by atoms with Crippen LogP contribution in [-0.4, -0.2) is 25.3 Å². The fraction of sp³-hybridized carbons (Fsp3) is 0.600. The van der Waals surface area contributed by atoms with Gasteiger partial charge in [0.2, 0.25) is 10.0 Å². The van der Waals surface area contributed by atoms with E-state index in [0.717, 1.165) is 36.8 Å². The minimum absolute atomic E-state index is 0.132. The molecule has 1 unspecified atom stereocenters. The summed E-state index contributed by atoms with van der Waals surface area (Å²) in [7, 11) is -3.41. The Morgan fingerprint density at radius 1 is 1.35 bits per heavy atom. The molecule has 20 heavy (non-hydrogen) atoms. The molecule has 5 heteroatoms. The first-order valence-corrected chi connectivity index (χ1v) is 9.16. The number of alkyl halides is 1. The van der Waals surface area contributed by atoms with Crippen molar-refractivity contribution in [2.75, 3.05) is 6.54 Å². The number of benzene rings is 1. The molecule has 112 valence electrons.